The topological polar surface area (TPSA) is 43.9 Å². The third kappa shape index (κ3) is 4.22. The van der Waals surface area contributed by atoms with Gasteiger partial charge in [0.1, 0.15) is 5.58 Å². The van der Waals surface area contributed by atoms with E-state index in [1.165, 1.54) is 62.6 Å². The minimum atomic E-state index is 0.579. The Bertz CT molecular complexity index is 3260. The molecule has 0 bridgehead atoms. The third-order valence-electron chi connectivity index (χ3n) is 10.4. The number of furan rings is 1. The molecule has 0 spiro atoms. The first-order chi connectivity index (χ1) is 25.6. The molecule has 4 heterocycles. The molecule has 11 rings (SSSR count). The Morgan fingerprint density at radius 3 is 2.13 bits per heavy atom. The first kappa shape index (κ1) is 29.7. The molecule has 0 saturated carbocycles. The second-order valence-corrected chi connectivity index (χ2v) is 15.5. The molecule has 0 saturated heterocycles. The molecule has 0 aliphatic carbocycles. The molecule has 0 unspecified atom stereocenters. The van der Waals surface area contributed by atoms with E-state index >= 15 is 0 Å². The number of nitrogens with zero attached hydrogens (tertiary/aromatic N) is 3. The van der Waals surface area contributed by atoms with Gasteiger partial charge in [0.15, 0.2) is 0 Å². The van der Waals surface area contributed by atoms with Gasteiger partial charge >= 0.3 is 0 Å². The molecule has 0 atom stereocenters. The molecular weight excluding hydrogens is 675 g/mol. The Morgan fingerprint density at radius 2 is 1.27 bits per heavy atom. The number of fused-ring (bicyclic) bond motifs is 13. The van der Waals surface area contributed by atoms with E-state index in [-0.39, 0.29) is 0 Å². The van der Waals surface area contributed by atoms with Crippen molar-refractivity contribution < 1.29 is 4.42 Å². The molecule has 6 heteroatoms. The summed E-state index contributed by atoms with van der Waals surface area (Å²) in [5, 5.41) is 9.29. The maximum atomic E-state index is 6.60. The van der Waals surface area contributed by atoms with Crippen LogP contribution in [-0.2, 0) is 0 Å². The van der Waals surface area contributed by atoms with E-state index in [1.54, 1.807) is 11.8 Å². The van der Waals surface area contributed by atoms with Crippen molar-refractivity contribution in [2.75, 3.05) is 0 Å². The lowest BCUT2D eigenvalue weighted by Gasteiger charge is -2.14. The minimum Gasteiger partial charge on any atom is -0.437 e. The summed E-state index contributed by atoms with van der Waals surface area (Å²) in [6.07, 6.45) is 0. The number of para-hydroxylation sites is 2. The van der Waals surface area contributed by atoms with Crippen LogP contribution in [0.25, 0.3) is 92.0 Å². The molecule has 11 aromatic rings. The fraction of sp³-hybridized carbons (Fsp3) is 0.0435. The molecule has 0 N–H and O–H groups in total. The Balaban J connectivity index is 1.29. The van der Waals surface area contributed by atoms with Crippen molar-refractivity contribution in [2.45, 2.75) is 23.6 Å². The Labute approximate surface area is 307 Å². The zero-order valence-electron chi connectivity index (χ0n) is 28.3. The monoisotopic (exact) mass is 703 g/mol. The summed E-state index contributed by atoms with van der Waals surface area (Å²) in [6, 6.07) is 49.5. The van der Waals surface area contributed by atoms with Gasteiger partial charge in [0.25, 0.3) is 0 Å². The molecule has 0 radical (unpaired) electrons. The van der Waals surface area contributed by atoms with Gasteiger partial charge in [-0.3, -0.25) is 4.57 Å². The number of benzene rings is 7. The highest BCUT2D eigenvalue weighted by molar-refractivity contribution is 7.99. The molecular formula is C46H29N3OS2. The molecule has 0 aliphatic heterocycles. The summed E-state index contributed by atoms with van der Waals surface area (Å²) in [5.74, 6) is 0.593. The van der Waals surface area contributed by atoms with Crippen molar-refractivity contribution in [1.29, 1.82) is 0 Å². The van der Waals surface area contributed by atoms with Crippen molar-refractivity contribution >= 4 is 97.9 Å². The summed E-state index contributed by atoms with van der Waals surface area (Å²) in [4.78, 5) is 13.3. The van der Waals surface area contributed by atoms with Crippen LogP contribution < -0.4 is 0 Å². The molecule has 4 nitrogen and oxygen atoms in total. The van der Waals surface area contributed by atoms with Gasteiger partial charge in [-0.15, -0.1) is 11.3 Å². The normalized spacial score (nSPS) is 12.1. The van der Waals surface area contributed by atoms with E-state index in [1.807, 2.05) is 23.5 Å². The van der Waals surface area contributed by atoms with Crippen molar-refractivity contribution in [3.05, 3.63) is 151 Å². The smallest absolute Gasteiger partial charge is 0.238 e. The maximum absolute atomic E-state index is 6.60. The number of rotatable bonds is 4. The average molecular weight is 704 g/mol. The number of aryl methyl sites for hydroxylation is 1. The van der Waals surface area contributed by atoms with Crippen LogP contribution in [0.15, 0.2) is 154 Å². The van der Waals surface area contributed by atoms with E-state index in [0.29, 0.717) is 11.7 Å². The van der Waals surface area contributed by atoms with Crippen LogP contribution in [0.3, 0.4) is 0 Å². The molecule has 0 amide bonds. The van der Waals surface area contributed by atoms with Gasteiger partial charge in [-0.05, 0) is 60.7 Å². The molecule has 4 aromatic heterocycles. The third-order valence-corrected chi connectivity index (χ3v) is 13.0. The summed E-state index contributed by atoms with van der Waals surface area (Å²) < 4.78 is 11.4. The Kier molecular flexibility index (Phi) is 6.45. The number of thiophene rings is 1. The van der Waals surface area contributed by atoms with Crippen molar-refractivity contribution in [1.82, 2.24) is 14.5 Å². The summed E-state index contributed by atoms with van der Waals surface area (Å²) >= 11 is 3.66. The fourth-order valence-corrected chi connectivity index (χ4v) is 10.3. The van der Waals surface area contributed by atoms with Gasteiger partial charge in [-0.2, -0.15) is 4.98 Å². The van der Waals surface area contributed by atoms with Crippen LogP contribution in [0.1, 0.15) is 11.1 Å². The molecule has 246 valence electrons. The van der Waals surface area contributed by atoms with Crippen molar-refractivity contribution in [3.8, 4) is 17.2 Å². The highest BCUT2D eigenvalue weighted by atomic mass is 32.2. The van der Waals surface area contributed by atoms with Gasteiger partial charge in [0, 0.05) is 57.1 Å². The van der Waals surface area contributed by atoms with Crippen LogP contribution in [-0.4, -0.2) is 14.5 Å². The number of aromatic nitrogens is 3. The summed E-state index contributed by atoms with van der Waals surface area (Å²) in [7, 11) is 0. The largest absolute Gasteiger partial charge is 0.437 e. The van der Waals surface area contributed by atoms with E-state index in [0.717, 1.165) is 38.6 Å². The Morgan fingerprint density at radius 1 is 0.577 bits per heavy atom. The first-order valence-corrected chi connectivity index (χ1v) is 19.1. The lowest BCUT2D eigenvalue weighted by Crippen LogP contribution is -2.03. The predicted octanol–water partition coefficient (Wildman–Crippen LogP) is 13.4. The fourth-order valence-electron chi connectivity index (χ4n) is 8.00. The van der Waals surface area contributed by atoms with Crippen LogP contribution in [0.2, 0.25) is 0 Å². The van der Waals surface area contributed by atoms with Crippen LogP contribution in [0.4, 0.5) is 0 Å². The van der Waals surface area contributed by atoms with E-state index in [9.17, 15) is 0 Å². The summed E-state index contributed by atoms with van der Waals surface area (Å²) in [6.45, 7) is 4.38. The van der Waals surface area contributed by atoms with Gasteiger partial charge in [-0.25, -0.2) is 4.98 Å². The zero-order valence-corrected chi connectivity index (χ0v) is 30.0. The van der Waals surface area contributed by atoms with Gasteiger partial charge in [-0.1, -0.05) is 121 Å². The van der Waals surface area contributed by atoms with E-state index < -0.39 is 0 Å². The standard InChI is InChI=1S/C46H29N3OS2/c1-26-14-3-11-23-36(26)51-37-25-13-20-28(27(37)2)42-40-32-18-7-10-22-35(32)50-45(40)48-46(47-42)49-34-21-9-6-17-31(34)39-29-15-4-5-16-30(29)44-41(43(39)49)33-19-8-12-24-38(33)52-44/h3-25H,1-2H3. The second kappa shape index (κ2) is 11.3. The van der Waals surface area contributed by atoms with Crippen molar-refractivity contribution in [2.24, 2.45) is 0 Å². The number of hydrogen-bond acceptors (Lipinski definition) is 5. The van der Waals surface area contributed by atoms with E-state index in [4.69, 9.17) is 14.4 Å². The molecule has 0 fully saturated rings. The van der Waals surface area contributed by atoms with Crippen LogP contribution in [0.5, 0.6) is 0 Å². The molecule has 7 aromatic carbocycles. The molecule has 0 aliphatic rings. The first-order valence-electron chi connectivity index (χ1n) is 17.4. The van der Waals surface area contributed by atoms with Gasteiger partial charge < -0.3 is 4.42 Å². The zero-order chi connectivity index (χ0) is 34.5. The lowest BCUT2D eigenvalue weighted by molar-refractivity contribution is 0.651. The second-order valence-electron chi connectivity index (χ2n) is 13.4. The van der Waals surface area contributed by atoms with Crippen LogP contribution >= 0.6 is 23.1 Å². The predicted molar refractivity (Wildman–Crippen MR) is 220 cm³/mol. The number of hydrogen-bond donors (Lipinski definition) is 0. The Hall–Kier alpha value is -5.95. The molecule has 52 heavy (non-hydrogen) atoms. The van der Waals surface area contributed by atoms with Gasteiger partial charge in [0.2, 0.25) is 11.7 Å². The average Bonchev–Trinajstić information content (AvgIpc) is 3.86. The minimum absolute atomic E-state index is 0.579. The van der Waals surface area contributed by atoms with Crippen molar-refractivity contribution in [3.63, 3.8) is 0 Å². The quantitative estimate of drug-likeness (QED) is 0.183. The van der Waals surface area contributed by atoms with E-state index in [2.05, 4.69) is 146 Å². The van der Waals surface area contributed by atoms with Gasteiger partial charge in [0.05, 0.1) is 22.1 Å². The maximum Gasteiger partial charge on any atom is 0.238 e. The lowest BCUT2D eigenvalue weighted by atomic mass is 10.00. The highest BCUT2D eigenvalue weighted by Crippen LogP contribution is 2.48. The van der Waals surface area contributed by atoms with Crippen LogP contribution in [0, 0.1) is 13.8 Å². The highest BCUT2D eigenvalue weighted by Gasteiger charge is 2.25. The summed E-state index contributed by atoms with van der Waals surface area (Å²) in [5.41, 5.74) is 7.93. The SMILES string of the molecule is Cc1ccccc1Sc1cccc(-c2nc(-n3c4ccccc4c4c5ccccc5c5sc6ccccc6c5c43)nc3oc4ccccc4c23)c1C.